The Hall–Kier alpha value is -3.69. The third-order valence-electron chi connectivity index (χ3n) is 6.69. The highest BCUT2D eigenvalue weighted by molar-refractivity contribution is 7.17. The minimum absolute atomic E-state index is 0.122. The van der Waals surface area contributed by atoms with Gasteiger partial charge in [0.15, 0.2) is 0 Å². The van der Waals surface area contributed by atoms with Crippen LogP contribution in [0.4, 0.5) is 34.3 Å². The number of fused-ring (bicyclic) bond motifs is 1. The van der Waals surface area contributed by atoms with Crippen molar-refractivity contribution in [2.75, 3.05) is 17.2 Å². The average Bonchev–Trinajstić information content (AvgIpc) is 3.54. The molecule has 1 saturated carbocycles. The van der Waals surface area contributed by atoms with E-state index in [9.17, 15) is 27.2 Å². The number of thiophene rings is 1. The van der Waals surface area contributed by atoms with Crippen molar-refractivity contribution < 1.29 is 36.6 Å². The molecule has 0 radical (unpaired) electrons. The minimum Gasteiger partial charge on any atom is -0.462 e. The number of nitrogens with zero attached hydrogens (tertiary/aromatic N) is 5. The highest BCUT2D eigenvalue weighted by atomic mass is 32.1. The number of carbonyl (C=O) groups excluding carboxylic acids is 2. The number of carbonyl (C=O) groups is 2. The monoisotopic (exact) mass is 571 g/mol. The number of nitrogens with one attached hydrogen (secondary N) is 2. The molecule has 210 valence electrons. The number of amides is 1. The number of esters is 1. The highest BCUT2D eigenvalue weighted by Gasteiger charge is 2.49. The summed E-state index contributed by atoms with van der Waals surface area (Å²) < 4.78 is 64.4. The third-order valence-corrected chi connectivity index (χ3v) is 7.89. The molecule has 39 heavy (non-hydrogen) atoms. The molecule has 3 aromatic rings. The summed E-state index contributed by atoms with van der Waals surface area (Å²) in [6.45, 7) is -1.23. The van der Waals surface area contributed by atoms with Gasteiger partial charge in [0.25, 0.3) is 0 Å². The Balaban J connectivity index is 1.37. The largest absolute Gasteiger partial charge is 0.462 e. The van der Waals surface area contributed by atoms with Crippen molar-refractivity contribution in [2.24, 2.45) is 13.0 Å². The second kappa shape index (κ2) is 10.5. The van der Waals surface area contributed by atoms with Crippen molar-refractivity contribution in [1.82, 2.24) is 24.5 Å². The Morgan fingerprint density at radius 1 is 1.31 bits per heavy atom. The molecule has 5 rings (SSSR count). The SMILES string of the molecule is CCOC(=O)c1c(NC(=O)C2CC(F)(F)C2)sc2c1C[C@@H](n1cnnc1Nc1cc(OC(F)F)nn1C)CC2. The number of rotatable bonds is 9. The quantitative estimate of drug-likeness (QED) is 0.288. The first-order valence-electron chi connectivity index (χ1n) is 12.2. The van der Waals surface area contributed by atoms with E-state index in [1.54, 1.807) is 18.5 Å². The summed E-state index contributed by atoms with van der Waals surface area (Å²) in [5, 5.41) is 17.9. The molecule has 3 aromatic heterocycles. The number of halogens is 4. The summed E-state index contributed by atoms with van der Waals surface area (Å²) in [4.78, 5) is 26.5. The van der Waals surface area contributed by atoms with Crippen molar-refractivity contribution in [3.05, 3.63) is 28.4 Å². The van der Waals surface area contributed by atoms with Crippen LogP contribution in [0.25, 0.3) is 0 Å². The fraction of sp³-hybridized carbons (Fsp3) is 0.522. The van der Waals surface area contributed by atoms with Gasteiger partial charge < -0.3 is 20.1 Å². The summed E-state index contributed by atoms with van der Waals surface area (Å²) >= 11 is 1.25. The van der Waals surface area contributed by atoms with Crippen LogP contribution in [-0.2, 0) is 29.4 Å². The maximum Gasteiger partial charge on any atom is 0.388 e. The molecule has 2 aliphatic carbocycles. The van der Waals surface area contributed by atoms with Crippen LogP contribution < -0.4 is 15.4 Å². The van der Waals surface area contributed by atoms with Gasteiger partial charge in [0.2, 0.25) is 23.7 Å². The summed E-state index contributed by atoms with van der Waals surface area (Å²) in [5.74, 6) is -4.40. The molecule has 1 atom stereocenters. The van der Waals surface area contributed by atoms with E-state index in [2.05, 4.69) is 30.7 Å². The second-order valence-electron chi connectivity index (χ2n) is 9.33. The Kier molecular flexibility index (Phi) is 7.22. The summed E-state index contributed by atoms with van der Waals surface area (Å²) in [6.07, 6.45) is 2.09. The number of alkyl halides is 4. The second-order valence-corrected chi connectivity index (χ2v) is 10.4. The fourth-order valence-corrected chi connectivity index (χ4v) is 6.03. The number of hydrogen-bond acceptors (Lipinski definition) is 9. The molecule has 1 fully saturated rings. The zero-order valence-electron chi connectivity index (χ0n) is 20.9. The Bertz CT molecular complexity index is 1380. The van der Waals surface area contributed by atoms with Crippen LogP contribution in [-0.4, -0.2) is 55.6 Å². The predicted octanol–water partition coefficient (Wildman–Crippen LogP) is 4.31. The molecular formula is C23H25F4N7O4S. The molecular weight excluding hydrogens is 546 g/mol. The van der Waals surface area contributed by atoms with Gasteiger partial charge in [-0.1, -0.05) is 0 Å². The van der Waals surface area contributed by atoms with Gasteiger partial charge in [-0.25, -0.2) is 18.3 Å². The van der Waals surface area contributed by atoms with Gasteiger partial charge >= 0.3 is 12.6 Å². The number of ether oxygens (including phenoxy) is 2. The standard InChI is InChI=1S/C23H25F4N7O4S/c1-3-37-20(36)17-13-6-12(4-5-14(13)39-19(17)30-18(35)11-8-23(26,27)9-11)34-10-28-31-22(34)29-15-7-16(32-33(15)2)38-21(24)25/h7,10-12,21H,3-6,8-9H2,1-2H3,(H,29,31)(H,30,35)/t12-/m0/s1. The molecule has 11 nitrogen and oxygen atoms in total. The maximum absolute atomic E-state index is 13.3. The van der Waals surface area contributed by atoms with Crippen LogP contribution in [0.1, 0.15) is 53.0 Å². The fourth-order valence-electron chi connectivity index (χ4n) is 4.79. The lowest BCUT2D eigenvalue weighted by Crippen LogP contribution is -2.42. The average molecular weight is 572 g/mol. The molecule has 0 bridgehead atoms. The van der Waals surface area contributed by atoms with Gasteiger partial charge in [-0.15, -0.1) is 26.6 Å². The normalized spacial score (nSPS) is 18.4. The molecule has 16 heteroatoms. The van der Waals surface area contributed by atoms with Crippen LogP contribution in [0.5, 0.6) is 5.88 Å². The summed E-state index contributed by atoms with van der Waals surface area (Å²) in [6, 6.07) is 1.10. The van der Waals surface area contributed by atoms with Gasteiger partial charge in [-0.05, 0) is 31.7 Å². The van der Waals surface area contributed by atoms with Crippen LogP contribution in [0.15, 0.2) is 12.4 Å². The Morgan fingerprint density at radius 2 is 2.08 bits per heavy atom. The summed E-state index contributed by atoms with van der Waals surface area (Å²) in [5.41, 5.74) is 0.931. The third kappa shape index (κ3) is 5.55. The first-order chi connectivity index (χ1) is 18.5. The van der Waals surface area contributed by atoms with E-state index in [1.165, 1.54) is 28.4 Å². The molecule has 2 N–H and O–H groups in total. The lowest BCUT2D eigenvalue weighted by Gasteiger charge is -2.33. The summed E-state index contributed by atoms with van der Waals surface area (Å²) in [7, 11) is 1.55. The van der Waals surface area contributed by atoms with Gasteiger partial charge in [0.1, 0.15) is 17.1 Å². The Labute approximate surface area is 223 Å². The van der Waals surface area contributed by atoms with E-state index in [0.717, 1.165) is 4.88 Å². The lowest BCUT2D eigenvalue weighted by atomic mass is 9.81. The van der Waals surface area contributed by atoms with Crippen LogP contribution >= 0.6 is 11.3 Å². The first-order valence-corrected chi connectivity index (χ1v) is 13.0. The van der Waals surface area contributed by atoms with Crippen molar-refractivity contribution in [1.29, 1.82) is 0 Å². The molecule has 0 spiro atoms. The topological polar surface area (TPSA) is 125 Å². The van der Waals surface area contributed by atoms with E-state index in [-0.39, 0.29) is 24.1 Å². The number of hydrogen-bond donors (Lipinski definition) is 2. The number of aryl methyl sites for hydroxylation is 2. The molecule has 0 saturated heterocycles. The van der Waals surface area contributed by atoms with Crippen LogP contribution in [0, 0.1) is 5.92 Å². The van der Waals surface area contributed by atoms with E-state index < -0.39 is 43.2 Å². The number of aromatic nitrogens is 5. The maximum atomic E-state index is 13.3. The van der Waals surface area contributed by atoms with Crippen LogP contribution in [0.2, 0.25) is 0 Å². The molecule has 0 aromatic carbocycles. The lowest BCUT2D eigenvalue weighted by molar-refractivity contribution is -0.145. The minimum atomic E-state index is -3.02. The molecule has 2 aliphatic rings. The van der Waals surface area contributed by atoms with Crippen molar-refractivity contribution >= 4 is 40.0 Å². The first kappa shape index (κ1) is 26.9. The van der Waals surface area contributed by atoms with Crippen molar-refractivity contribution in [3.8, 4) is 5.88 Å². The van der Waals surface area contributed by atoms with E-state index in [1.807, 2.05) is 0 Å². The number of anilines is 3. The molecule has 0 unspecified atom stereocenters. The smallest absolute Gasteiger partial charge is 0.388 e. The van der Waals surface area contributed by atoms with E-state index in [4.69, 9.17) is 4.74 Å². The van der Waals surface area contributed by atoms with E-state index >= 15 is 0 Å². The zero-order chi connectivity index (χ0) is 27.9. The van der Waals surface area contributed by atoms with Gasteiger partial charge in [-0.2, -0.15) is 8.78 Å². The molecule has 0 aliphatic heterocycles. The molecule has 3 heterocycles. The predicted molar refractivity (Wildman–Crippen MR) is 131 cm³/mol. The molecule has 1 amide bonds. The zero-order valence-corrected chi connectivity index (χ0v) is 21.7. The highest BCUT2D eigenvalue weighted by Crippen LogP contribution is 2.45. The van der Waals surface area contributed by atoms with Gasteiger partial charge in [-0.3, -0.25) is 9.36 Å². The van der Waals surface area contributed by atoms with E-state index in [0.29, 0.717) is 41.6 Å². The van der Waals surface area contributed by atoms with Crippen molar-refractivity contribution in [2.45, 2.75) is 57.6 Å². The van der Waals surface area contributed by atoms with Gasteiger partial charge in [0, 0.05) is 42.8 Å². The van der Waals surface area contributed by atoms with Crippen LogP contribution in [0.3, 0.4) is 0 Å². The Morgan fingerprint density at radius 3 is 2.77 bits per heavy atom. The van der Waals surface area contributed by atoms with Crippen molar-refractivity contribution in [3.63, 3.8) is 0 Å². The van der Waals surface area contributed by atoms with Gasteiger partial charge in [0.05, 0.1) is 12.2 Å².